The minimum Gasteiger partial charge on any atom is -0.495 e. The minimum atomic E-state index is -0.388. The number of nitrogens with two attached hydrogens (primary N) is 1. The molecule has 5 heteroatoms. The lowest BCUT2D eigenvalue weighted by Crippen LogP contribution is -2.19. The molecular formula is C14H19NO4. The number of nitrogen functional groups attached to an aromatic ring is 1. The maximum atomic E-state index is 11.9. The summed E-state index contributed by atoms with van der Waals surface area (Å²) in [4.78, 5) is 11.9. The number of carbonyl (C=O) groups is 1. The highest BCUT2D eigenvalue weighted by atomic mass is 16.6. The van der Waals surface area contributed by atoms with Crippen LogP contribution in [0.15, 0.2) is 18.2 Å². The van der Waals surface area contributed by atoms with Crippen molar-refractivity contribution in [3.8, 4) is 5.75 Å². The monoisotopic (exact) mass is 265 g/mol. The summed E-state index contributed by atoms with van der Waals surface area (Å²) in [7, 11) is 1.51. The Hall–Kier alpha value is -1.75. The number of benzene rings is 1. The van der Waals surface area contributed by atoms with Gasteiger partial charge in [0, 0.05) is 0 Å². The van der Waals surface area contributed by atoms with Crippen molar-refractivity contribution < 1.29 is 19.0 Å². The van der Waals surface area contributed by atoms with Crippen molar-refractivity contribution in [1.82, 2.24) is 0 Å². The molecule has 1 fully saturated rings. The van der Waals surface area contributed by atoms with Crippen LogP contribution in [0.5, 0.6) is 5.75 Å². The molecule has 0 aromatic heterocycles. The van der Waals surface area contributed by atoms with Crippen LogP contribution in [-0.4, -0.2) is 31.9 Å². The largest absolute Gasteiger partial charge is 0.495 e. The lowest BCUT2D eigenvalue weighted by atomic mass is 10.2. The minimum absolute atomic E-state index is 0.00891. The summed E-state index contributed by atoms with van der Waals surface area (Å²) in [5.41, 5.74) is 6.61. The molecule has 2 rings (SSSR count). The molecule has 2 atom stereocenters. The number of rotatable bonds is 4. The molecule has 0 amide bonds. The zero-order chi connectivity index (χ0) is 13.8. The summed E-state index contributed by atoms with van der Waals surface area (Å²) >= 11 is 0. The number of ether oxygens (including phenoxy) is 3. The molecule has 0 saturated carbocycles. The fourth-order valence-corrected chi connectivity index (χ4v) is 2.10. The third-order valence-corrected chi connectivity index (χ3v) is 3.19. The van der Waals surface area contributed by atoms with Crippen molar-refractivity contribution in [1.29, 1.82) is 0 Å². The van der Waals surface area contributed by atoms with Gasteiger partial charge in [0.2, 0.25) is 0 Å². The summed E-state index contributed by atoms with van der Waals surface area (Å²) in [6, 6.07) is 4.83. The smallest absolute Gasteiger partial charge is 0.338 e. The topological polar surface area (TPSA) is 70.8 Å². The first-order valence-electron chi connectivity index (χ1n) is 6.36. The van der Waals surface area contributed by atoms with E-state index >= 15 is 0 Å². The van der Waals surface area contributed by atoms with Gasteiger partial charge in [0.15, 0.2) is 0 Å². The van der Waals surface area contributed by atoms with E-state index in [2.05, 4.69) is 0 Å². The third-order valence-electron chi connectivity index (χ3n) is 3.19. The van der Waals surface area contributed by atoms with E-state index in [4.69, 9.17) is 19.9 Å². The first-order chi connectivity index (χ1) is 9.10. The molecule has 104 valence electrons. The van der Waals surface area contributed by atoms with Gasteiger partial charge in [-0.05, 0) is 38.0 Å². The Labute approximate surface area is 112 Å². The van der Waals surface area contributed by atoms with Crippen LogP contribution in [0.25, 0.3) is 0 Å². The molecule has 0 spiro atoms. The average molecular weight is 265 g/mol. The SMILES string of the molecule is COc1cc(C(=O)OCC2CCC(C)O2)ccc1N. The van der Waals surface area contributed by atoms with Gasteiger partial charge in [-0.2, -0.15) is 0 Å². The number of methoxy groups -OCH3 is 1. The van der Waals surface area contributed by atoms with Crippen molar-refractivity contribution in [2.75, 3.05) is 19.5 Å². The summed E-state index contributed by atoms with van der Waals surface area (Å²) in [6.07, 6.45) is 2.20. The fraction of sp³-hybridized carbons (Fsp3) is 0.500. The molecule has 1 aromatic rings. The van der Waals surface area contributed by atoms with E-state index in [1.54, 1.807) is 18.2 Å². The van der Waals surface area contributed by atoms with Gasteiger partial charge in [-0.3, -0.25) is 0 Å². The van der Waals surface area contributed by atoms with E-state index in [1.807, 2.05) is 6.92 Å². The van der Waals surface area contributed by atoms with E-state index in [0.29, 0.717) is 17.0 Å². The van der Waals surface area contributed by atoms with Gasteiger partial charge >= 0.3 is 5.97 Å². The van der Waals surface area contributed by atoms with Crippen LogP contribution in [0.4, 0.5) is 5.69 Å². The number of esters is 1. The summed E-state index contributed by atoms with van der Waals surface area (Å²) in [5.74, 6) is 0.0849. The number of hydrogen-bond donors (Lipinski definition) is 1. The van der Waals surface area contributed by atoms with Crippen LogP contribution in [0.2, 0.25) is 0 Å². The molecule has 2 unspecified atom stereocenters. The van der Waals surface area contributed by atoms with E-state index in [0.717, 1.165) is 12.8 Å². The molecule has 1 heterocycles. The molecule has 5 nitrogen and oxygen atoms in total. The predicted octanol–water partition coefficient (Wildman–Crippen LogP) is 2.00. The zero-order valence-corrected chi connectivity index (χ0v) is 11.2. The molecular weight excluding hydrogens is 246 g/mol. The average Bonchev–Trinajstić information content (AvgIpc) is 2.82. The van der Waals surface area contributed by atoms with Gasteiger partial charge in [-0.1, -0.05) is 0 Å². The second-order valence-corrected chi connectivity index (χ2v) is 4.70. The van der Waals surface area contributed by atoms with Gasteiger partial charge in [0.25, 0.3) is 0 Å². The van der Waals surface area contributed by atoms with E-state index < -0.39 is 0 Å². The lowest BCUT2D eigenvalue weighted by Gasteiger charge is -2.12. The number of carbonyl (C=O) groups excluding carboxylic acids is 1. The fourth-order valence-electron chi connectivity index (χ4n) is 2.10. The molecule has 0 radical (unpaired) electrons. The highest BCUT2D eigenvalue weighted by molar-refractivity contribution is 5.90. The van der Waals surface area contributed by atoms with Gasteiger partial charge < -0.3 is 19.9 Å². The molecule has 2 N–H and O–H groups in total. The molecule has 19 heavy (non-hydrogen) atoms. The second kappa shape index (κ2) is 5.93. The second-order valence-electron chi connectivity index (χ2n) is 4.70. The standard InChI is InChI=1S/C14H19NO4/c1-9-3-5-11(19-9)8-18-14(16)10-4-6-12(15)13(7-10)17-2/h4,6-7,9,11H,3,5,8,15H2,1-2H3. The van der Waals surface area contributed by atoms with Crippen LogP contribution >= 0.6 is 0 Å². The summed E-state index contributed by atoms with van der Waals surface area (Å²) in [6.45, 7) is 2.31. The quantitative estimate of drug-likeness (QED) is 0.666. The van der Waals surface area contributed by atoms with Crippen LogP contribution in [-0.2, 0) is 9.47 Å². The normalized spacial score (nSPS) is 22.2. The first kappa shape index (κ1) is 13.7. The highest BCUT2D eigenvalue weighted by Gasteiger charge is 2.23. The van der Waals surface area contributed by atoms with E-state index in [-0.39, 0.29) is 24.8 Å². The number of anilines is 1. The zero-order valence-electron chi connectivity index (χ0n) is 11.2. The van der Waals surface area contributed by atoms with Crippen molar-refractivity contribution in [2.24, 2.45) is 0 Å². The van der Waals surface area contributed by atoms with Crippen LogP contribution in [0, 0.1) is 0 Å². The molecule has 1 aliphatic rings. The van der Waals surface area contributed by atoms with Crippen LogP contribution < -0.4 is 10.5 Å². The molecule has 1 aliphatic heterocycles. The number of hydrogen-bond acceptors (Lipinski definition) is 5. The first-order valence-corrected chi connectivity index (χ1v) is 6.36. The maximum absolute atomic E-state index is 11.9. The highest BCUT2D eigenvalue weighted by Crippen LogP contribution is 2.23. The van der Waals surface area contributed by atoms with Gasteiger partial charge in [-0.15, -0.1) is 0 Å². The Morgan fingerprint density at radius 2 is 2.26 bits per heavy atom. The molecule has 1 aromatic carbocycles. The van der Waals surface area contributed by atoms with Gasteiger partial charge in [-0.25, -0.2) is 4.79 Å². The van der Waals surface area contributed by atoms with Crippen LogP contribution in [0.1, 0.15) is 30.1 Å². The summed E-state index contributed by atoms with van der Waals surface area (Å²) < 4.78 is 15.9. The molecule has 0 aliphatic carbocycles. The maximum Gasteiger partial charge on any atom is 0.338 e. The van der Waals surface area contributed by atoms with Crippen molar-refractivity contribution in [3.05, 3.63) is 23.8 Å². The molecule has 1 saturated heterocycles. The summed E-state index contributed by atoms with van der Waals surface area (Å²) in [5, 5.41) is 0. The Morgan fingerprint density at radius 3 is 2.89 bits per heavy atom. The molecule has 0 bridgehead atoms. The van der Waals surface area contributed by atoms with Crippen LogP contribution in [0.3, 0.4) is 0 Å². The Morgan fingerprint density at radius 1 is 1.47 bits per heavy atom. The third kappa shape index (κ3) is 3.38. The Bertz CT molecular complexity index is 461. The van der Waals surface area contributed by atoms with E-state index in [1.165, 1.54) is 7.11 Å². The Kier molecular flexibility index (Phi) is 4.27. The van der Waals surface area contributed by atoms with Crippen molar-refractivity contribution in [2.45, 2.75) is 32.0 Å². The van der Waals surface area contributed by atoms with E-state index in [9.17, 15) is 4.79 Å². The van der Waals surface area contributed by atoms with Gasteiger partial charge in [0.1, 0.15) is 12.4 Å². The lowest BCUT2D eigenvalue weighted by molar-refractivity contribution is -0.00267. The Balaban J connectivity index is 1.92. The van der Waals surface area contributed by atoms with Crippen molar-refractivity contribution >= 4 is 11.7 Å². The predicted molar refractivity (Wildman–Crippen MR) is 71.3 cm³/mol. The van der Waals surface area contributed by atoms with Crippen molar-refractivity contribution in [3.63, 3.8) is 0 Å². The van der Waals surface area contributed by atoms with Gasteiger partial charge in [0.05, 0.1) is 30.6 Å².